The summed E-state index contributed by atoms with van der Waals surface area (Å²) in [5, 5.41) is 19.5. The van der Waals surface area contributed by atoms with Crippen molar-refractivity contribution in [3.8, 4) is 11.4 Å². The number of aromatic nitrogens is 4. The van der Waals surface area contributed by atoms with Gasteiger partial charge in [-0.3, -0.25) is 4.79 Å². The number of fused-ring (bicyclic) bond motifs is 1. The van der Waals surface area contributed by atoms with Gasteiger partial charge in [0.2, 0.25) is 0 Å². The third-order valence-electron chi connectivity index (χ3n) is 5.77. The van der Waals surface area contributed by atoms with E-state index in [0.29, 0.717) is 55.2 Å². The first-order chi connectivity index (χ1) is 14.1. The summed E-state index contributed by atoms with van der Waals surface area (Å²) in [5.74, 6) is 1.73. The molecule has 0 aromatic carbocycles. The van der Waals surface area contributed by atoms with Crippen molar-refractivity contribution >= 4 is 40.3 Å². The highest BCUT2D eigenvalue weighted by atomic mass is 35.5. The molecule has 1 saturated carbocycles. The van der Waals surface area contributed by atoms with E-state index in [2.05, 4.69) is 22.3 Å². The third-order valence-corrected chi connectivity index (χ3v) is 6.66. The largest absolute Gasteiger partial charge is 0.393 e. The number of hydrogen-bond acceptors (Lipinski definition) is 7. The van der Waals surface area contributed by atoms with Gasteiger partial charge in [0.25, 0.3) is 5.91 Å². The number of aliphatic hydroxyl groups is 1. The SMILES string of the molecule is C[C@H](Nc1cc(C(=O)N2CCC(O)CC2)nc(-c2cnn3ccsc23)n1)C1CC1.Cl. The molecule has 3 aromatic rings. The van der Waals surface area contributed by atoms with Crippen LogP contribution in [0.2, 0.25) is 0 Å². The highest BCUT2D eigenvalue weighted by molar-refractivity contribution is 7.16. The average molecular weight is 449 g/mol. The van der Waals surface area contributed by atoms with Crippen molar-refractivity contribution in [1.82, 2.24) is 24.5 Å². The minimum atomic E-state index is -0.323. The van der Waals surface area contributed by atoms with E-state index in [9.17, 15) is 9.90 Å². The van der Waals surface area contributed by atoms with Crippen LogP contribution in [0.25, 0.3) is 16.2 Å². The van der Waals surface area contributed by atoms with Crippen LogP contribution >= 0.6 is 23.7 Å². The van der Waals surface area contributed by atoms with E-state index in [1.807, 2.05) is 11.6 Å². The van der Waals surface area contributed by atoms with Gasteiger partial charge in [-0.2, -0.15) is 5.10 Å². The second-order valence-electron chi connectivity index (χ2n) is 7.97. The van der Waals surface area contributed by atoms with Crippen molar-refractivity contribution < 1.29 is 9.90 Å². The summed E-state index contributed by atoms with van der Waals surface area (Å²) in [6.45, 7) is 3.25. The van der Waals surface area contributed by atoms with Crippen molar-refractivity contribution in [2.75, 3.05) is 18.4 Å². The van der Waals surface area contributed by atoms with E-state index in [0.717, 1.165) is 10.4 Å². The van der Waals surface area contributed by atoms with Gasteiger partial charge < -0.3 is 15.3 Å². The molecule has 4 heterocycles. The number of aliphatic hydroxyl groups excluding tert-OH is 1. The molecule has 2 aliphatic rings. The zero-order valence-corrected chi connectivity index (χ0v) is 18.3. The lowest BCUT2D eigenvalue weighted by Gasteiger charge is -2.29. The standard InChI is InChI=1S/C20H24N6O2S.ClH/c1-12(13-2-3-13)22-17-10-16(19(28)25-6-4-14(27)5-7-25)23-18(24-17)15-11-21-26-8-9-29-20(15)26;/h8-14,27H,2-7H2,1H3,(H,22,23,24);1H/t12-;/m0./s1. The Morgan fingerprint density at radius 1 is 1.27 bits per heavy atom. The number of nitrogens with one attached hydrogen (secondary N) is 1. The maximum absolute atomic E-state index is 13.1. The Labute approximate surface area is 184 Å². The van der Waals surface area contributed by atoms with E-state index >= 15 is 0 Å². The second-order valence-corrected chi connectivity index (χ2v) is 8.86. The van der Waals surface area contributed by atoms with E-state index in [1.54, 1.807) is 33.0 Å². The minimum absolute atomic E-state index is 0. The Bertz CT molecular complexity index is 1040. The van der Waals surface area contributed by atoms with Gasteiger partial charge in [-0.25, -0.2) is 14.5 Å². The number of likely N-dealkylation sites (tertiary alicyclic amines) is 1. The summed E-state index contributed by atoms with van der Waals surface area (Å²) in [4.78, 5) is 25.2. The van der Waals surface area contributed by atoms with Gasteiger partial charge in [-0.05, 0) is 38.5 Å². The van der Waals surface area contributed by atoms with Crippen LogP contribution in [0.5, 0.6) is 0 Å². The monoisotopic (exact) mass is 448 g/mol. The molecule has 0 spiro atoms. The van der Waals surface area contributed by atoms with Gasteiger partial charge in [0.05, 0.1) is 17.9 Å². The number of amides is 1. The first-order valence-corrected chi connectivity index (χ1v) is 11.0. The summed E-state index contributed by atoms with van der Waals surface area (Å²) >= 11 is 1.57. The summed E-state index contributed by atoms with van der Waals surface area (Å²) in [6.07, 6.45) is 6.99. The summed E-state index contributed by atoms with van der Waals surface area (Å²) in [6, 6.07) is 2.06. The Kier molecular flexibility index (Phi) is 5.95. The van der Waals surface area contributed by atoms with Crippen LogP contribution in [0.4, 0.5) is 5.82 Å². The van der Waals surface area contributed by atoms with E-state index < -0.39 is 0 Å². The predicted molar refractivity (Wildman–Crippen MR) is 118 cm³/mol. The normalized spacial score (nSPS) is 18.3. The van der Waals surface area contributed by atoms with Crippen molar-refractivity contribution in [2.45, 2.75) is 44.8 Å². The highest BCUT2D eigenvalue weighted by Crippen LogP contribution is 2.34. The zero-order chi connectivity index (χ0) is 20.0. The summed E-state index contributed by atoms with van der Waals surface area (Å²) in [5.41, 5.74) is 1.21. The molecular weight excluding hydrogens is 424 g/mol. The number of hydrogen-bond donors (Lipinski definition) is 2. The summed E-state index contributed by atoms with van der Waals surface area (Å²) in [7, 11) is 0. The lowest BCUT2D eigenvalue weighted by atomic mass is 10.1. The van der Waals surface area contributed by atoms with E-state index in [4.69, 9.17) is 4.98 Å². The second kappa shape index (κ2) is 8.49. The molecule has 1 aliphatic heterocycles. The number of thiazole rings is 1. The summed E-state index contributed by atoms with van der Waals surface area (Å²) < 4.78 is 1.80. The fraction of sp³-hybridized carbons (Fsp3) is 0.500. The Hall–Kier alpha value is -2.23. The van der Waals surface area contributed by atoms with Gasteiger partial charge >= 0.3 is 0 Å². The van der Waals surface area contributed by atoms with Crippen LogP contribution in [0.15, 0.2) is 23.8 Å². The Morgan fingerprint density at radius 2 is 2.03 bits per heavy atom. The fourth-order valence-electron chi connectivity index (χ4n) is 3.81. The predicted octanol–water partition coefficient (Wildman–Crippen LogP) is 3.08. The topological polar surface area (TPSA) is 95.7 Å². The number of nitrogens with zero attached hydrogens (tertiary/aromatic N) is 5. The van der Waals surface area contributed by atoms with Gasteiger partial charge in [0.1, 0.15) is 16.3 Å². The third kappa shape index (κ3) is 4.14. The molecule has 0 unspecified atom stereocenters. The molecule has 5 rings (SSSR count). The van der Waals surface area contributed by atoms with Crippen LogP contribution in [0, 0.1) is 5.92 Å². The molecule has 0 radical (unpaired) electrons. The van der Waals surface area contributed by atoms with E-state index in [1.165, 1.54) is 12.8 Å². The van der Waals surface area contributed by atoms with Crippen LogP contribution in [-0.2, 0) is 0 Å². The molecule has 2 N–H and O–H groups in total. The maximum atomic E-state index is 13.1. The Balaban J connectivity index is 0.00000218. The number of carbonyl (C=O) groups excluding carboxylic acids is 1. The number of halogens is 1. The van der Waals surface area contributed by atoms with Gasteiger partial charge in [-0.15, -0.1) is 23.7 Å². The van der Waals surface area contributed by atoms with Gasteiger partial charge in [0.15, 0.2) is 5.82 Å². The van der Waals surface area contributed by atoms with E-state index in [-0.39, 0.29) is 24.4 Å². The molecule has 1 amide bonds. The van der Waals surface area contributed by atoms with Gasteiger partial charge in [-0.1, -0.05) is 0 Å². The van der Waals surface area contributed by atoms with Crippen molar-refractivity contribution in [2.24, 2.45) is 5.92 Å². The molecule has 30 heavy (non-hydrogen) atoms. The maximum Gasteiger partial charge on any atom is 0.272 e. The first-order valence-electron chi connectivity index (χ1n) is 10.1. The molecule has 0 bridgehead atoms. The minimum Gasteiger partial charge on any atom is -0.393 e. The number of rotatable bonds is 5. The smallest absolute Gasteiger partial charge is 0.272 e. The quantitative estimate of drug-likeness (QED) is 0.622. The van der Waals surface area contributed by atoms with Crippen molar-refractivity contribution in [3.63, 3.8) is 0 Å². The van der Waals surface area contributed by atoms with Crippen LogP contribution in [0.3, 0.4) is 0 Å². The lowest BCUT2D eigenvalue weighted by Crippen LogP contribution is -2.40. The highest BCUT2D eigenvalue weighted by Gasteiger charge is 2.29. The first kappa shape index (κ1) is 21.0. The molecule has 160 valence electrons. The van der Waals surface area contributed by atoms with Crippen molar-refractivity contribution in [1.29, 1.82) is 0 Å². The molecule has 2 fully saturated rings. The van der Waals surface area contributed by atoms with Crippen molar-refractivity contribution in [3.05, 3.63) is 29.5 Å². The molecule has 8 nitrogen and oxygen atoms in total. The van der Waals surface area contributed by atoms with Crippen LogP contribution in [-0.4, -0.2) is 60.7 Å². The average Bonchev–Trinajstić information content (AvgIpc) is 3.34. The number of carbonyl (C=O) groups is 1. The zero-order valence-electron chi connectivity index (χ0n) is 16.7. The molecule has 1 saturated heterocycles. The van der Waals surface area contributed by atoms with Gasteiger partial charge in [0, 0.05) is 36.8 Å². The number of piperidine rings is 1. The molecule has 10 heteroatoms. The fourth-order valence-corrected chi connectivity index (χ4v) is 4.60. The molecule has 3 aromatic heterocycles. The lowest BCUT2D eigenvalue weighted by molar-refractivity contribution is 0.0541. The molecule has 1 atom stereocenters. The number of anilines is 1. The van der Waals surface area contributed by atoms with Crippen LogP contribution < -0.4 is 5.32 Å². The Morgan fingerprint density at radius 3 is 2.77 bits per heavy atom. The molecular formula is C20H25ClN6O2S. The molecule has 1 aliphatic carbocycles. The van der Waals surface area contributed by atoms with Crippen LogP contribution in [0.1, 0.15) is 43.1 Å².